The minimum Gasteiger partial charge on any atom is -0.373 e. The molecule has 0 aliphatic carbocycles. The van der Waals surface area contributed by atoms with E-state index in [1.54, 1.807) is 19.5 Å². The van der Waals surface area contributed by atoms with Crippen LogP contribution in [-0.2, 0) is 0 Å². The van der Waals surface area contributed by atoms with Gasteiger partial charge >= 0.3 is 0 Å². The maximum Gasteiger partial charge on any atom is 0.148 e. The van der Waals surface area contributed by atoms with Crippen LogP contribution >= 0.6 is 0 Å². The molecule has 1 aromatic heterocycles. The smallest absolute Gasteiger partial charge is 0.148 e. The van der Waals surface area contributed by atoms with Gasteiger partial charge in [-0.05, 0) is 69.2 Å². The molecule has 40 heavy (non-hydrogen) atoms. The van der Waals surface area contributed by atoms with Crippen LogP contribution in [0.3, 0.4) is 0 Å². The lowest BCUT2D eigenvalue weighted by molar-refractivity contribution is 0.820. The van der Waals surface area contributed by atoms with Gasteiger partial charge in [-0.3, -0.25) is 9.98 Å². The van der Waals surface area contributed by atoms with Crippen molar-refractivity contribution in [2.75, 3.05) is 19.4 Å². The average Bonchev–Trinajstić information content (AvgIpc) is 2.95. The maximum absolute atomic E-state index is 4.93. The third kappa shape index (κ3) is 8.83. The van der Waals surface area contributed by atoms with Crippen LogP contribution in [0.25, 0.3) is 5.57 Å². The lowest BCUT2D eigenvalue weighted by Crippen LogP contribution is -2.14. The summed E-state index contributed by atoms with van der Waals surface area (Å²) < 4.78 is 0. The number of allylic oxidation sites excluding steroid dienone is 8. The van der Waals surface area contributed by atoms with Crippen LogP contribution in [0.1, 0.15) is 76.0 Å². The topological polar surface area (TPSA) is 86.9 Å². The summed E-state index contributed by atoms with van der Waals surface area (Å²) in [6, 6.07) is 8.35. The summed E-state index contributed by atoms with van der Waals surface area (Å²) >= 11 is 0. The molecule has 0 bridgehead atoms. The fourth-order valence-corrected chi connectivity index (χ4v) is 4.05. The van der Waals surface area contributed by atoms with Gasteiger partial charge in [0.05, 0.1) is 23.6 Å². The molecule has 210 valence electrons. The standard InChI is InChI=1S/C33H43N7/c1-11-12-27(14-13-22(2)3)25(6)31-33(37-20-30(40-31)19-34-8)39-26(7)29-17-15-28(16-18-29)23(4)24(5)32(36-10)38-21-35-9/h11-21,25-26,36H,4,9H2,1-3,5-8,10H3,(H,37,39)/b12-11+,27-14+,32-24+,34-19?,38-21?. The van der Waals surface area contributed by atoms with Gasteiger partial charge < -0.3 is 10.6 Å². The second-order valence-electron chi connectivity index (χ2n) is 9.67. The molecule has 2 atom stereocenters. The molecule has 0 amide bonds. The van der Waals surface area contributed by atoms with Crippen LogP contribution in [0.5, 0.6) is 0 Å². The molecule has 1 aromatic carbocycles. The van der Waals surface area contributed by atoms with Crippen LogP contribution in [0.4, 0.5) is 5.82 Å². The first kappa shape index (κ1) is 31.8. The van der Waals surface area contributed by atoms with Gasteiger partial charge in [0.2, 0.25) is 0 Å². The molecule has 7 nitrogen and oxygen atoms in total. The van der Waals surface area contributed by atoms with E-state index >= 15 is 0 Å². The molecule has 0 saturated carbocycles. The van der Waals surface area contributed by atoms with E-state index < -0.39 is 0 Å². The van der Waals surface area contributed by atoms with E-state index in [2.05, 4.69) is 115 Å². The van der Waals surface area contributed by atoms with Crippen LogP contribution in [0.2, 0.25) is 0 Å². The van der Waals surface area contributed by atoms with Crippen molar-refractivity contribution >= 4 is 30.7 Å². The molecule has 1 heterocycles. The van der Waals surface area contributed by atoms with E-state index in [-0.39, 0.29) is 12.0 Å². The molecule has 0 saturated heterocycles. The van der Waals surface area contributed by atoms with Crippen molar-refractivity contribution in [3.63, 3.8) is 0 Å². The number of benzene rings is 1. The highest BCUT2D eigenvalue weighted by molar-refractivity contribution is 5.78. The Hall–Kier alpha value is -4.39. The van der Waals surface area contributed by atoms with Crippen LogP contribution in [-0.4, -0.2) is 43.3 Å². The molecule has 0 aliphatic heterocycles. The Bertz CT molecular complexity index is 1350. The van der Waals surface area contributed by atoms with E-state index in [0.29, 0.717) is 5.82 Å². The number of anilines is 1. The van der Waals surface area contributed by atoms with Crippen molar-refractivity contribution in [2.24, 2.45) is 15.0 Å². The lowest BCUT2D eigenvalue weighted by Gasteiger charge is -2.21. The van der Waals surface area contributed by atoms with Gasteiger partial charge in [0.1, 0.15) is 18.0 Å². The summed E-state index contributed by atoms with van der Waals surface area (Å²) in [5.41, 5.74) is 7.94. The Morgan fingerprint density at radius 2 is 1.77 bits per heavy atom. The van der Waals surface area contributed by atoms with E-state index in [0.717, 1.165) is 45.1 Å². The molecule has 0 aliphatic rings. The molecular weight excluding hydrogens is 494 g/mol. The number of hydrogen-bond donors (Lipinski definition) is 2. The van der Waals surface area contributed by atoms with Crippen molar-refractivity contribution < 1.29 is 0 Å². The van der Waals surface area contributed by atoms with E-state index in [4.69, 9.17) is 9.97 Å². The van der Waals surface area contributed by atoms with E-state index in [9.17, 15) is 0 Å². The first-order chi connectivity index (χ1) is 19.2. The zero-order valence-corrected chi connectivity index (χ0v) is 25.2. The molecule has 2 unspecified atom stereocenters. The summed E-state index contributed by atoms with van der Waals surface area (Å²) in [5, 5.41) is 6.69. The molecule has 2 N–H and O–H groups in total. The lowest BCUT2D eigenvalue weighted by atomic mass is 9.95. The second-order valence-corrected chi connectivity index (χ2v) is 9.67. The van der Waals surface area contributed by atoms with Crippen LogP contribution < -0.4 is 10.6 Å². The second kappa shape index (κ2) is 15.9. The van der Waals surface area contributed by atoms with Crippen LogP contribution in [0, 0.1) is 0 Å². The largest absolute Gasteiger partial charge is 0.373 e. The third-order valence-electron chi connectivity index (χ3n) is 6.38. The number of nitrogens with zero attached hydrogens (tertiary/aromatic N) is 5. The maximum atomic E-state index is 4.93. The quantitative estimate of drug-likeness (QED) is 0.158. The fourth-order valence-electron chi connectivity index (χ4n) is 4.05. The van der Waals surface area contributed by atoms with Gasteiger partial charge in [-0.2, -0.15) is 0 Å². The summed E-state index contributed by atoms with van der Waals surface area (Å²) in [6.45, 7) is 20.2. The zero-order valence-electron chi connectivity index (χ0n) is 25.2. The highest BCUT2D eigenvalue weighted by atomic mass is 15.0. The Morgan fingerprint density at radius 1 is 1.07 bits per heavy atom. The Kier molecular flexibility index (Phi) is 12.6. The highest BCUT2D eigenvalue weighted by Crippen LogP contribution is 2.31. The van der Waals surface area contributed by atoms with Gasteiger partial charge in [0.25, 0.3) is 0 Å². The summed E-state index contributed by atoms with van der Waals surface area (Å²) in [6.07, 6.45) is 13.3. The van der Waals surface area contributed by atoms with Gasteiger partial charge in [0, 0.05) is 26.2 Å². The molecular formula is C33H43N7. The molecule has 0 spiro atoms. The van der Waals surface area contributed by atoms with Crippen molar-refractivity contribution in [3.8, 4) is 0 Å². The van der Waals surface area contributed by atoms with Gasteiger partial charge in [-0.1, -0.05) is 67.6 Å². The summed E-state index contributed by atoms with van der Waals surface area (Å²) in [4.78, 5) is 21.8. The number of aromatic nitrogens is 2. The Morgan fingerprint density at radius 3 is 2.35 bits per heavy atom. The fraction of sp³-hybridized carbons (Fsp3) is 0.303. The van der Waals surface area contributed by atoms with E-state index in [1.165, 1.54) is 11.9 Å². The number of hydrogen-bond acceptors (Lipinski definition) is 6. The molecule has 0 radical (unpaired) electrons. The van der Waals surface area contributed by atoms with Crippen molar-refractivity contribution in [2.45, 2.75) is 53.5 Å². The number of nitrogens with one attached hydrogen (secondary N) is 2. The summed E-state index contributed by atoms with van der Waals surface area (Å²) in [5.74, 6) is 1.46. The van der Waals surface area contributed by atoms with Crippen LogP contribution in [0.15, 0.2) is 98.9 Å². The predicted octanol–water partition coefficient (Wildman–Crippen LogP) is 7.46. The molecule has 0 fully saturated rings. The first-order valence-corrected chi connectivity index (χ1v) is 13.4. The van der Waals surface area contributed by atoms with Gasteiger partial charge in [-0.15, -0.1) is 0 Å². The Balaban J connectivity index is 2.40. The van der Waals surface area contributed by atoms with E-state index in [1.807, 2.05) is 20.9 Å². The molecule has 2 aromatic rings. The monoisotopic (exact) mass is 537 g/mol. The molecule has 7 heteroatoms. The number of aliphatic imine (C=N–C) groups is 3. The average molecular weight is 538 g/mol. The Labute approximate surface area is 240 Å². The molecule has 2 rings (SSSR count). The predicted molar refractivity (Wildman–Crippen MR) is 174 cm³/mol. The number of rotatable bonds is 13. The van der Waals surface area contributed by atoms with Gasteiger partial charge in [-0.25, -0.2) is 15.0 Å². The van der Waals surface area contributed by atoms with Crippen molar-refractivity contribution in [1.82, 2.24) is 15.3 Å². The SMILES string of the molecule is C=NC=N/C(NC)=C(\C)C(=C)c1ccc(C(C)Nc2ncc(C=NC)nc2C(C)C(/C=C/C)=C/C=C(C)C)cc1. The minimum absolute atomic E-state index is 0.00652. The highest BCUT2D eigenvalue weighted by Gasteiger charge is 2.19. The van der Waals surface area contributed by atoms with Crippen molar-refractivity contribution in [1.29, 1.82) is 0 Å². The van der Waals surface area contributed by atoms with Crippen molar-refractivity contribution in [3.05, 3.63) is 106 Å². The zero-order chi connectivity index (χ0) is 29.7. The van der Waals surface area contributed by atoms with Gasteiger partial charge in [0.15, 0.2) is 0 Å². The summed E-state index contributed by atoms with van der Waals surface area (Å²) in [7, 11) is 3.56. The third-order valence-corrected chi connectivity index (χ3v) is 6.38. The minimum atomic E-state index is -0.00652. The normalized spacial score (nSPS) is 14.2. The first-order valence-electron chi connectivity index (χ1n) is 13.4.